The van der Waals surface area contributed by atoms with Crippen LogP contribution in [0.3, 0.4) is 0 Å². The van der Waals surface area contributed by atoms with Crippen molar-refractivity contribution >= 4 is 5.97 Å². The molecule has 0 radical (unpaired) electrons. The monoisotopic (exact) mass is 416 g/mol. The van der Waals surface area contributed by atoms with Crippen molar-refractivity contribution in [3.63, 3.8) is 0 Å². The number of rotatable bonds is 3. The Morgan fingerprint density at radius 3 is 2.00 bits per heavy atom. The largest absolute Gasteiger partial charge is 4.00 e. The summed E-state index contributed by atoms with van der Waals surface area (Å²) in [6, 6.07) is 0. The molecule has 1 aliphatic heterocycles. The molecule has 0 bridgehead atoms. The van der Waals surface area contributed by atoms with Crippen LogP contribution in [0.4, 0.5) is 0 Å². The van der Waals surface area contributed by atoms with E-state index >= 15 is 0 Å². The molecule has 0 atom stereocenters. The molecule has 16 heavy (non-hydrogen) atoms. The Morgan fingerprint density at radius 1 is 1.25 bits per heavy atom. The summed E-state index contributed by atoms with van der Waals surface area (Å²) in [5.41, 5.74) is 12.5. The van der Waals surface area contributed by atoms with E-state index in [4.69, 9.17) is 21.3 Å². The Labute approximate surface area is 110 Å². The zero-order valence-corrected chi connectivity index (χ0v) is 11.2. The molecule has 0 aromatic carbocycles. The quantitative estimate of drug-likeness (QED) is 0.573. The molecule has 0 spiro atoms. The number of hydrogen-bond acceptors (Lipinski definition) is 4. The van der Waals surface area contributed by atoms with E-state index in [1.807, 2.05) is 4.90 Å². The van der Waals surface area contributed by atoms with Gasteiger partial charge in [-0.05, 0) is 0 Å². The van der Waals surface area contributed by atoms with Crippen LogP contribution in [0.2, 0.25) is 0 Å². The van der Waals surface area contributed by atoms with Crippen LogP contribution in [0.1, 0.15) is 0 Å². The van der Waals surface area contributed by atoms with Gasteiger partial charge in [0, 0.05) is 17.9 Å². The van der Waals surface area contributed by atoms with Crippen LogP contribution in [0.5, 0.6) is 0 Å². The summed E-state index contributed by atoms with van der Waals surface area (Å²) < 4.78 is 5.07. The Balaban J connectivity index is -0.000000249. The average molecular weight is 416 g/mol. The predicted octanol–water partition coefficient (Wildman–Crippen LogP) is -0.519. The molecular formula is C8H19N3O4Pt+2. The van der Waals surface area contributed by atoms with Gasteiger partial charge in [-0.25, -0.2) is 0 Å². The first kappa shape index (κ1) is 21.3. The molecule has 98 valence electrons. The van der Waals surface area contributed by atoms with Gasteiger partial charge in [0.25, 0.3) is 0 Å². The summed E-state index contributed by atoms with van der Waals surface area (Å²) in [4.78, 5) is 12.2. The maximum absolute atomic E-state index is 10.3. The molecule has 1 rings (SSSR count). The molecule has 0 aliphatic carbocycles. The second kappa shape index (κ2) is 15.0. The normalized spacial score (nSPS) is 14.9. The average Bonchev–Trinajstić information content (AvgIpc) is 2.19. The van der Waals surface area contributed by atoms with E-state index < -0.39 is 5.97 Å². The Bertz CT molecular complexity index is 154. The van der Waals surface area contributed by atoms with Crippen molar-refractivity contribution in [2.24, 2.45) is 0 Å². The fourth-order valence-corrected chi connectivity index (χ4v) is 0.962. The summed E-state index contributed by atoms with van der Waals surface area (Å²) in [6.07, 6.45) is 0. The fraction of sp³-hybridized carbons (Fsp3) is 0.875. The van der Waals surface area contributed by atoms with Crippen LogP contribution in [0, 0.1) is 0 Å². The van der Waals surface area contributed by atoms with Gasteiger partial charge in [0.15, 0.2) is 6.54 Å². The smallest absolute Gasteiger partial charge is 0.870 e. The molecule has 0 aromatic rings. The van der Waals surface area contributed by atoms with E-state index in [0.29, 0.717) is 13.2 Å². The van der Waals surface area contributed by atoms with E-state index in [1.54, 1.807) is 0 Å². The van der Waals surface area contributed by atoms with Gasteiger partial charge >= 0.3 is 27.0 Å². The maximum Gasteiger partial charge on any atom is 4.00 e. The van der Waals surface area contributed by atoms with Gasteiger partial charge in [-0.15, -0.1) is 0 Å². The number of morpholine rings is 1. The second-order valence-electron chi connectivity index (χ2n) is 2.81. The minimum atomic E-state index is -0.512. The van der Waals surface area contributed by atoms with Crippen molar-refractivity contribution in [3.05, 3.63) is 11.5 Å². The van der Waals surface area contributed by atoms with Gasteiger partial charge < -0.3 is 26.8 Å². The van der Waals surface area contributed by atoms with Crippen molar-refractivity contribution in [2.45, 2.75) is 0 Å². The van der Waals surface area contributed by atoms with Crippen LogP contribution in [0.15, 0.2) is 0 Å². The summed E-state index contributed by atoms with van der Waals surface area (Å²) in [7, 11) is 0. The third kappa shape index (κ3) is 14.0. The van der Waals surface area contributed by atoms with Crippen molar-refractivity contribution in [2.75, 3.05) is 45.9 Å². The van der Waals surface area contributed by atoms with Crippen molar-refractivity contribution in [3.8, 4) is 0 Å². The van der Waals surface area contributed by atoms with E-state index in [9.17, 15) is 4.79 Å². The molecule has 0 aromatic heterocycles. The Kier molecular flexibility index (Phi) is 19.9. The van der Waals surface area contributed by atoms with E-state index in [1.165, 1.54) is 0 Å². The van der Waals surface area contributed by atoms with Gasteiger partial charge in [0.1, 0.15) is 0 Å². The number of carbonyl (C=O) groups is 1. The molecule has 5 N–H and O–H groups in total. The van der Waals surface area contributed by atoms with Gasteiger partial charge in [-0.2, -0.15) is 13.1 Å². The third-order valence-electron chi connectivity index (χ3n) is 1.60. The van der Waals surface area contributed by atoms with Gasteiger partial charge in [0.2, 0.25) is 0 Å². The van der Waals surface area contributed by atoms with Crippen LogP contribution in [0.25, 0.3) is 11.5 Å². The van der Waals surface area contributed by atoms with Crippen LogP contribution in [-0.4, -0.2) is 67.4 Å². The van der Waals surface area contributed by atoms with Crippen LogP contribution < -0.4 is 0 Å². The first-order valence-corrected chi connectivity index (χ1v) is 4.54. The molecular weight excluding hydrogens is 397 g/mol. The molecule has 8 heteroatoms. The fourth-order valence-electron chi connectivity index (χ4n) is 0.962. The van der Waals surface area contributed by atoms with E-state index in [2.05, 4.69) is 0 Å². The van der Waals surface area contributed by atoms with E-state index in [0.717, 1.165) is 13.1 Å². The first-order valence-electron chi connectivity index (χ1n) is 4.54. The standard InChI is InChI=1S/C6H11NO3.C2H6N2.H2O.Pt/c8-6(9)5-7-1-3-10-4-2-7;3-1-2-4;;/h1-5H2,(H,8,9);3-4H,1-2H2;1H2;/q;-2;;+4. The van der Waals surface area contributed by atoms with Gasteiger partial charge in [0.05, 0.1) is 13.2 Å². The molecule has 0 amide bonds. The third-order valence-corrected chi connectivity index (χ3v) is 1.60. The van der Waals surface area contributed by atoms with Crippen molar-refractivity contribution in [1.29, 1.82) is 0 Å². The summed E-state index contributed by atoms with van der Waals surface area (Å²) >= 11 is 0. The Morgan fingerprint density at radius 2 is 1.69 bits per heavy atom. The topological polar surface area (TPSA) is 130 Å². The predicted molar refractivity (Wildman–Crippen MR) is 56.2 cm³/mol. The molecule has 7 nitrogen and oxygen atoms in total. The molecule has 1 saturated heterocycles. The summed E-state index contributed by atoms with van der Waals surface area (Å²) in [5, 5.41) is 6.69. The van der Waals surface area contributed by atoms with Crippen LogP contribution in [-0.2, 0) is 30.6 Å². The van der Waals surface area contributed by atoms with Crippen molar-refractivity contribution < 1.29 is 41.2 Å². The number of nitrogens with zero attached hydrogens (tertiary/aromatic N) is 1. The van der Waals surface area contributed by atoms with Crippen molar-refractivity contribution in [1.82, 2.24) is 4.90 Å². The molecule has 1 aliphatic rings. The molecule has 0 saturated carbocycles. The number of hydrogen-bond donors (Lipinski definition) is 0. The molecule has 1 heterocycles. The Hall–Kier alpha value is -0.0417. The second-order valence-corrected chi connectivity index (χ2v) is 2.81. The van der Waals surface area contributed by atoms with Crippen LogP contribution >= 0.6 is 0 Å². The van der Waals surface area contributed by atoms with Gasteiger partial charge in [-0.3, -0.25) is 4.90 Å². The maximum atomic E-state index is 10.3. The molecule has 0 unspecified atom stereocenters. The summed E-state index contributed by atoms with van der Waals surface area (Å²) in [6.45, 7) is 3.67. The van der Waals surface area contributed by atoms with E-state index in [-0.39, 0.29) is 46.2 Å². The number of carbonyl (C=O) groups excluding carboxylic acids is 1. The zero-order chi connectivity index (χ0) is 10.8. The minimum Gasteiger partial charge on any atom is -0.870 e. The first-order chi connectivity index (χ1) is 6.70. The zero-order valence-electron chi connectivity index (χ0n) is 8.98. The van der Waals surface area contributed by atoms with Gasteiger partial charge in [-0.1, -0.05) is 0 Å². The number of ether oxygens (including phenoxy) is 1. The summed E-state index contributed by atoms with van der Waals surface area (Å²) in [5.74, 6) is -0.512. The number of nitrogens with one attached hydrogen (secondary N) is 2. The molecule has 1 fully saturated rings. The SMILES string of the molecule is O=C([OH2+])CN1CCOCC1.[NH-]CC[NH-].[OH-].[Pt+4]. The minimum absolute atomic E-state index is 0.